The van der Waals surface area contributed by atoms with E-state index in [0.717, 1.165) is 12.2 Å². The zero-order valence-electron chi connectivity index (χ0n) is 10.7. The first-order valence-electron chi connectivity index (χ1n) is 6.41. The van der Waals surface area contributed by atoms with Crippen LogP contribution in [0.1, 0.15) is 25.3 Å². The highest BCUT2D eigenvalue weighted by atomic mass is 32.2. The number of fused-ring (bicyclic) bond motifs is 1. The monoisotopic (exact) mass is 262 g/mol. The topological polar surface area (TPSA) is 41.1 Å². The average Bonchev–Trinajstić information content (AvgIpc) is 3.11. The Morgan fingerprint density at radius 1 is 1.50 bits per heavy atom. The lowest BCUT2D eigenvalue weighted by molar-refractivity contribution is -0.115. The van der Waals surface area contributed by atoms with Crippen molar-refractivity contribution in [1.29, 1.82) is 0 Å². The van der Waals surface area contributed by atoms with Gasteiger partial charge in [0.25, 0.3) is 0 Å². The SMILES string of the molecule is CNCC1(c2ccc3c(c2)SC(C)C(=O)N3)CC1. The van der Waals surface area contributed by atoms with Gasteiger partial charge in [0, 0.05) is 16.9 Å². The van der Waals surface area contributed by atoms with Crippen molar-refractivity contribution in [2.45, 2.75) is 35.3 Å². The van der Waals surface area contributed by atoms with Gasteiger partial charge >= 0.3 is 0 Å². The van der Waals surface area contributed by atoms with Crippen LogP contribution in [0.15, 0.2) is 23.1 Å². The number of thioether (sulfide) groups is 1. The third-order valence-corrected chi connectivity index (χ3v) is 5.05. The molecular weight excluding hydrogens is 244 g/mol. The molecule has 1 aromatic rings. The Bertz CT molecular complexity index is 497. The maximum absolute atomic E-state index is 11.6. The summed E-state index contributed by atoms with van der Waals surface area (Å²) in [6.07, 6.45) is 2.53. The first-order chi connectivity index (χ1) is 8.64. The molecular formula is C14H18N2OS. The van der Waals surface area contributed by atoms with Gasteiger partial charge in [0.15, 0.2) is 0 Å². The van der Waals surface area contributed by atoms with Crippen molar-refractivity contribution in [3.63, 3.8) is 0 Å². The van der Waals surface area contributed by atoms with Gasteiger partial charge < -0.3 is 10.6 Å². The Kier molecular flexibility index (Phi) is 2.87. The molecule has 18 heavy (non-hydrogen) atoms. The van der Waals surface area contributed by atoms with Gasteiger partial charge in [-0.1, -0.05) is 6.07 Å². The Morgan fingerprint density at radius 3 is 2.94 bits per heavy atom. The molecule has 4 heteroatoms. The molecule has 0 aromatic heterocycles. The van der Waals surface area contributed by atoms with Crippen LogP contribution in [0.3, 0.4) is 0 Å². The predicted octanol–water partition coefficient (Wildman–Crippen LogP) is 2.37. The van der Waals surface area contributed by atoms with Crippen LogP contribution in [-0.4, -0.2) is 24.7 Å². The van der Waals surface area contributed by atoms with Crippen LogP contribution in [0.2, 0.25) is 0 Å². The van der Waals surface area contributed by atoms with E-state index in [1.807, 2.05) is 14.0 Å². The molecule has 1 aliphatic carbocycles. The number of rotatable bonds is 3. The summed E-state index contributed by atoms with van der Waals surface area (Å²) in [7, 11) is 2.01. The molecule has 96 valence electrons. The number of hydrogen-bond donors (Lipinski definition) is 2. The Morgan fingerprint density at radius 2 is 2.28 bits per heavy atom. The molecule has 1 atom stereocenters. The Labute approximate surface area is 112 Å². The van der Waals surface area contributed by atoms with E-state index in [9.17, 15) is 4.79 Å². The van der Waals surface area contributed by atoms with E-state index in [4.69, 9.17) is 0 Å². The minimum absolute atomic E-state index is 0.00667. The van der Waals surface area contributed by atoms with Crippen LogP contribution in [0, 0.1) is 0 Å². The van der Waals surface area contributed by atoms with E-state index in [1.165, 1.54) is 23.3 Å². The van der Waals surface area contributed by atoms with E-state index in [2.05, 4.69) is 28.8 Å². The standard InChI is InChI=1S/C14H18N2OS/c1-9-13(17)16-11-4-3-10(7-12(11)18-9)14(5-6-14)8-15-2/h3-4,7,9,15H,5-6,8H2,1-2H3,(H,16,17). The number of carbonyl (C=O) groups is 1. The zero-order chi connectivity index (χ0) is 12.8. The minimum Gasteiger partial charge on any atom is -0.324 e. The van der Waals surface area contributed by atoms with Crippen molar-refractivity contribution in [1.82, 2.24) is 5.32 Å². The molecule has 0 spiro atoms. The molecule has 1 amide bonds. The third kappa shape index (κ3) is 1.93. The number of anilines is 1. The van der Waals surface area contributed by atoms with Crippen LogP contribution >= 0.6 is 11.8 Å². The van der Waals surface area contributed by atoms with Crippen molar-refractivity contribution in [2.24, 2.45) is 0 Å². The maximum Gasteiger partial charge on any atom is 0.237 e. The smallest absolute Gasteiger partial charge is 0.237 e. The maximum atomic E-state index is 11.6. The van der Waals surface area contributed by atoms with Crippen LogP contribution in [0.5, 0.6) is 0 Å². The molecule has 0 radical (unpaired) electrons. The summed E-state index contributed by atoms with van der Waals surface area (Å²) in [6.45, 7) is 2.99. The van der Waals surface area contributed by atoms with Crippen molar-refractivity contribution in [3.05, 3.63) is 23.8 Å². The van der Waals surface area contributed by atoms with Crippen LogP contribution in [0.25, 0.3) is 0 Å². The van der Waals surface area contributed by atoms with E-state index in [0.29, 0.717) is 5.41 Å². The number of nitrogens with one attached hydrogen (secondary N) is 2. The number of benzene rings is 1. The van der Waals surface area contributed by atoms with E-state index in [-0.39, 0.29) is 11.2 Å². The first kappa shape index (κ1) is 12.1. The molecule has 1 aliphatic heterocycles. The lowest BCUT2D eigenvalue weighted by Crippen LogP contribution is -2.27. The number of amides is 1. The van der Waals surface area contributed by atoms with Crippen LogP contribution in [0.4, 0.5) is 5.69 Å². The van der Waals surface area contributed by atoms with E-state index >= 15 is 0 Å². The fourth-order valence-electron chi connectivity index (χ4n) is 2.59. The normalized spacial score (nSPS) is 24.3. The lowest BCUT2D eigenvalue weighted by atomic mass is 9.95. The second-order valence-electron chi connectivity index (χ2n) is 5.27. The van der Waals surface area contributed by atoms with Crippen molar-refractivity contribution >= 4 is 23.4 Å². The van der Waals surface area contributed by atoms with Gasteiger partial charge in [0.05, 0.1) is 10.9 Å². The summed E-state index contributed by atoms with van der Waals surface area (Å²) >= 11 is 1.66. The zero-order valence-corrected chi connectivity index (χ0v) is 11.6. The molecule has 2 N–H and O–H groups in total. The van der Waals surface area contributed by atoms with Crippen molar-refractivity contribution in [3.8, 4) is 0 Å². The van der Waals surface area contributed by atoms with E-state index < -0.39 is 0 Å². The molecule has 3 rings (SSSR count). The molecule has 1 saturated carbocycles. The summed E-state index contributed by atoms with van der Waals surface area (Å²) in [5.41, 5.74) is 2.72. The van der Waals surface area contributed by atoms with Crippen LogP contribution < -0.4 is 10.6 Å². The molecule has 0 saturated heterocycles. The number of hydrogen-bond acceptors (Lipinski definition) is 3. The Hall–Kier alpha value is -1.00. The molecule has 1 fully saturated rings. The van der Waals surface area contributed by atoms with Gasteiger partial charge in [-0.05, 0) is 44.5 Å². The fraction of sp³-hybridized carbons (Fsp3) is 0.500. The average molecular weight is 262 g/mol. The molecule has 1 aromatic carbocycles. The number of likely N-dealkylation sites (N-methyl/N-ethyl adjacent to an activating group) is 1. The molecule has 2 aliphatic rings. The highest BCUT2D eigenvalue weighted by molar-refractivity contribution is 8.00. The summed E-state index contributed by atoms with van der Waals surface area (Å²) in [6, 6.07) is 6.48. The largest absolute Gasteiger partial charge is 0.324 e. The summed E-state index contributed by atoms with van der Waals surface area (Å²) in [5, 5.41) is 6.26. The number of carbonyl (C=O) groups excluding carboxylic acids is 1. The van der Waals surface area contributed by atoms with Crippen molar-refractivity contribution < 1.29 is 4.79 Å². The van der Waals surface area contributed by atoms with Gasteiger partial charge in [0.2, 0.25) is 5.91 Å². The summed E-state index contributed by atoms with van der Waals surface area (Å²) in [5.74, 6) is 0.108. The highest BCUT2D eigenvalue weighted by Gasteiger charge is 2.43. The second-order valence-corrected chi connectivity index (χ2v) is 6.65. The van der Waals surface area contributed by atoms with Gasteiger partial charge in [-0.15, -0.1) is 11.8 Å². The first-order valence-corrected chi connectivity index (χ1v) is 7.29. The lowest BCUT2D eigenvalue weighted by Gasteiger charge is -2.24. The van der Waals surface area contributed by atoms with Crippen molar-refractivity contribution in [2.75, 3.05) is 18.9 Å². The van der Waals surface area contributed by atoms with Gasteiger partial charge in [-0.3, -0.25) is 4.79 Å². The molecule has 3 nitrogen and oxygen atoms in total. The van der Waals surface area contributed by atoms with Crippen LogP contribution in [-0.2, 0) is 10.2 Å². The third-order valence-electron chi connectivity index (χ3n) is 3.89. The predicted molar refractivity (Wildman–Crippen MR) is 75.2 cm³/mol. The minimum atomic E-state index is 0.00667. The van der Waals surface area contributed by atoms with Gasteiger partial charge in [-0.2, -0.15) is 0 Å². The fourth-order valence-corrected chi connectivity index (χ4v) is 3.58. The quantitative estimate of drug-likeness (QED) is 0.878. The molecule has 1 heterocycles. The second kappa shape index (κ2) is 4.28. The summed E-state index contributed by atoms with van der Waals surface area (Å²) in [4.78, 5) is 12.8. The van der Waals surface area contributed by atoms with Gasteiger partial charge in [-0.25, -0.2) is 0 Å². The summed E-state index contributed by atoms with van der Waals surface area (Å²) < 4.78 is 0. The Balaban J connectivity index is 1.92. The van der Waals surface area contributed by atoms with E-state index in [1.54, 1.807) is 11.8 Å². The molecule has 1 unspecified atom stereocenters. The van der Waals surface area contributed by atoms with Gasteiger partial charge in [0.1, 0.15) is 0 Å². The highest BCUT2D eigenvalue weighted by Crippen LogP contribution is 2.49. The molecule has 0 bridgehead atoms.